The number of para-hydroxylation sites is 2. The summed E-state index contributed by atoms with van der Waals surface area (Å²) < 4.78 is 14.0. The molecule has 1 heterocycles. The van der Waals surface area contributed by atoms with Crippen molar-refractivity contribution < 1.29 is 4.39 Å². The number of fused-ring (bicyclic) bond motifs is 1. The number of halogens is 1. The van der Waals surface area contributed by atoms with Gasteiger partial charge in [-0.15, -0.1) is 0 Å². The Morgan fingerprint density at radius 2 is 1.82 bits per heavy atom. The molecule has 0 atom stereocenters. The average Bonchev–Trinajstić information content (AvgIpc) is 2.70. The van der Waals surface area contributed by atoms with Crippen LogP contribution in [0.3, 0.4) is 0 Å². The lowest BCUT2D eigenvalue weighted by molar-refractivity contribution is 0.604. The molecule has 0 bridgehead atoms. The Kier molecular flexibility index (Phi) is 4.23. The van der Waals surface area contributed by atoms with Crippen LogP contribution in [0.5, 0.6) is 0 Å². The lowest BCUT2D eigenvalue weighted by Gasteiger charge is -2.24. The van der Waals surface area contributed by atoms with E-state index in [0.29, 0.717) is 12.5 Å². The van der Waals surface area contributed by atoms with Gasteiger partial charge in [-0.05, 0) is 24.1 Å². The number of aliphatic imine (C=N–C) groups is 1. The van der Waals surface area contributed by atoms with Crippen LogP contribution in [0, 0.1) is 11.7 Å². The average molecular weight is 296 g/mol. The van der Waals surface area contributed by atoms with Gasteiger partial charge < -0.3 is 4.90 Å². The Morgan fingerprint density at radius 3 is 2.59 bits per heavy atom. The minimum Gasteiger partial charge on any atom is -0.365 e. The first-order valence-electron chi connectivity index (χ1n) is 7.80. The van der Waals surface area contributed by atoms with Gasteiger partial charge in [-0.1, -0.05) is 44.2 Å². The highest BCUT2D eigenvalue weighted by Gasteiger charge is 2.19. The maximum absolute atomic E-state index is 14.0. The van der Waals surface area contributed by atoms with Crippen molar-refractivity contribution in [2.24, 2.45) is 10.9 Å². The van der Waals surface area contributed by atoms with E-state index >= 15 is 0 Å². The van der Waals surface area contributed by atoms with Gasteiger partial charge in [-0.2, -0.15) is 0 Å². The molecule has 2 nitrogen and oxygen atoms in total. The molecule has 0 unspecified atom stereocenters. The van der Waals surface area contributed by atoms with Crippen molar-refractivity contribution in [1.29, 1.82) is 0 Å². The summed E-state index contributed by atoms with van der Waals surface area (Å²) in [5, 5.41) is 0. The molecule has 0 radical (unpaired) electrons. The van der Waals surface area contributed by atoms with Gasteiger partial charge in [-0.3, -0.25) is 4.99 Å². The van der Waals surface area contributed by atoms with Crippen molar-refractivity contribution in [1.82, 2.24) is 0 Å². The van der Waals surface area contributed by atoms with Crippen LogP contribution in [0.15, 0.2) is 53.5 Å². The topological polar surface area (TPSA) is 15.6 Å². The van der Waals surface area contributed by atoms with Crippen molar-refractivity contribution >= 4 is 17.1 Å². The van der Waals surface area contributed by atoms with Crippen LogP contribution in [0.25, 0.3) is 0 Å². The summed E-state index contributed by atoms with van der Waals surface area (Å²) in [6.07, 6.45) is 0.917. The number of anilines is 1. The number of nitrogens with zero attached hydrogens (tertiary/aromatic N) is 2. The molecule has 0 fully saturated rings. The van der Waals surface area contributed by atoms with Crippen molar-refractivity contribution in [3.8, 4) is 0 Å². The maximum Gasteiger partial charge on any atom is 0.128 e. The van der Waals surface area contributed by atoms with Crippen molar-refractivity contribution in [3.63, 3.8) is 0 Å². The van der Waals surface area contributed by atoms with E-state index in [1.165, 1.54) is 11.8 Å². The fourth-order valence-electron chi connectivity index (χ4n) is 2.82. The van der Waals surface area contributed by atoms with Gasteiger partial charge in [0.05, 0.1) is 11.4 Å². The first-order chi connectivity index (χ1) is 10.6. The summed E-state index contributed by atoms with van der Waals surface area (Å²) in [7, 11) is 0. The van der Waals surface area contributed by atoms with E-state index in [9.17, 15) is 4.39 Å². The summed E-state index contributed by atoms with van der Waals surface area (Å²) in [5.74, 6) is 0.288. The SMILES string of the molecule is CC(C)C1=Nc2ccccc2N(Cc2ccccc2F)CC1. The predicted octanol–water partition coefficient (Wildman–Crippen LogP) is 4.96. The zero-order chi connectivity index (χ0) is 15.5. The Labute approximate surface area is 131 Å². The second-order valence-corrected chi connectivity index (χ2v) is 6.01. The smallest absolute Gasteiger partial charge is 0.128 e. The third-order valence-corrected chi connectivity index (χ3v) is 4.11. The minimum absolute atomic E-state index is 0.144. The van der Waals surface area contributed by atoms with Crippen molar-refractivity contribution in [2.75, 3.05) is 11.4 Å². The van der Waals surface area contributed by atoms with Gasteiger partial charge in [0.2, 0.25) is 0 Å². The molecule has 0 aliphatic carbocycles. The lowest BCUT2D eigenvalue weighted by atomic mass is 10.1. The second-order valence-electron chi connectivity index (χ2n) is 6.01. The van der Waals surface area contributed by atoms with Crippen molar-refractivity contribution in [3.05, 3.63) is 59.9 Å². The van der Waals surface area contributed by atoms with Crippen LogP contribution in [0.4, 0.5) is 15.8 Å². The molecule has 0 saturated carbocycles. The Balaban J connectivity index is 1.94. The Hall–Kier alpha value is -2.16. The van der Waals surface area contributed by atoms with Crippen LogP contribution in [-0.2, 0) is 6.54 Å². The van der Waals surface area contributed by atoms with E-state index in [1.807, 2.05) is 30.3 Å². The molecule has 2 aromatic rings. The van der Waals surface area contributed by atoms with Crippen LogP contribution >= 0.6 is 0 Å². The first kappa shape index (κ1) is 14.8. The predicted molar refractivity (Wildman–Crippen MR) is 90.4 cm³/mol. The quantitative estimate of drug-likeness (QED) is 0.781. The number of hydrogen-bond acceptors (Lipinski definition) is 2. The van der Waals surface area contributed by atoms with E-state index in [4.69, 9.17) is 4.99 Å². The molecule has 1 aliphatic rings. The highest BCUT2D eigenvalue weighted by Crippen LogP contribution is 2.33. The van der Waals surface area contributed by atoms with Crippen LogP contribution in [0.2, 0.25) is 0 Å². The van der Waals surface area contributed by atoms with Crippen LogP contribution in [-0.4, -0.2) is 12.3 Å². The zero-order valence-corrected chi connectivity index (χ0v) is 13.1. The first-order valence-corrected chi connectivity index (χ1v) is 7.80. The third-order valence-electron chi connectivity index (χ3n) is 4.11. The molecule has 0 N–H and O–H groups in total. The molecule has 114 valence electrons. The highest BCUT2D eigenvalue weighted by atomic mass is 19.1. The van der Waals surface area contributed by atoms with Gasteiger partial charge in [0, 0.05) is 30.8 Å². The van der Waals surface area contributed by atoms with E-state index in [1.54, 1.807) is 6.07 Å². The summed E-state index contributed by atoms with van der Waals surface area (Å²) in [5.41, 5.74) is 4.01. The Bertz CT molecular complexity index is 691. The van der Waals surface area contributed by atoms with E-state index in [0.717, 1.165) is 29.9 Å². The molecular formula is C19H21FN2. The molecule has 2 aromatic carbocycles. The normalized spacial score (nSPS) is 14.5. The summed E-state index contributed by atoms with van der Waals surface area (Å²) >= 11 is 0. The number of rotatable bonds is 3. The van der Waals surface area contributed by atoms with Crippen LogP contribution in [0.1, 0.15) is 25.8 Å². The maximum atomic E-state index is 14.0. The van der Waals surface area contributed by atoms with Gasteiger partial charge >= 0.3 is 0 Å². The minimum atomic E-state index is -0.144. The molecular weight excluding hydrogens is 275 g/mol. The molecule has 0 saturated heterocycles. The zero-order valence-electron chi connectivity index (χ0n) is 13.1. The fourth-order valence-corrected chi connectivity index (χ4v) is 2.82. The number of hydrogen-bond donors (Lipinski definition) is 0. The van der Waals surface area contributed by atoms with E-state index in [2.05, 4.69) is 24.8 Å². The molecule has 3 rings (SSSR count). The van der Waals surface area contributed by atoms with Gasteiger partial charge in [0.1, 0.15) is 5.82 Å². The lowest BCUT2D eigenvalue weighted by Crippen LogP contribution is -2.25. The van der Waals surface area contributed by atoms with E-state index in [-0.39, 0.29) is 5.82 Å². The summed E-state index contributed by atoms with van der Waals surface area (Å²) in [6.45, 7) is 5.79. The van der Waals surface area contributed by atoms with Crippen LogP contribution < -0.4 is 4.90 Å². The standard InChI is InChI=1S/C19H21FN2/c1-14(2)17-11-12-22(13-15-7-3-4-8-16(15)20)19-10-6-5-9-18(19)21-17/h3-10,14H,11-13H2,1-2H3. The molecule has 0 amide bonds. The third kappa shape index (κ3) is 3.03. The summed E-state index contributed by atoms with van der Waals surface area (Å²) in [6, 6.07) is 15.1. The fraction of sp³-hybridized carbons (Fsp3) is 0.316. The van der Waals surface area contributed by atoms with Gasteiger partial charge in [0.15, 0.2) is 0 Å². The van der Waals surface area contributed by atoms with Crippen molar-refractivity contribution in [2.45, 2.75) is 26.8 Å². The van der Waals surface area contributed by atoms with Gasteiger partial charge in [-0.25, -0.2) is 4.39 Å². The monoisotopic (exact) mass is 296 g/mol. The highest BCUT2D eigenvalue weighted by molar-refractivity contribution is 5.92. The molecule has 3 heteroatoms. The molecule has 0 spiro atoms. The molecule has 22 heavy (non-hydrogen) atoms. The molecule has 1 aliphatic heterocycles. The molecule has 0 aromatic heterocycles. The Morgan fingerprint density at radius 1 is 1.09 bits per heavy atom. The number of benzene rings is 2. The summed E-state index contributed by atoms with van der Waals surface area (Å²) in [4.78, 5) is 7.06. The van der Waals surface area contributed by atoms with E-state index < -0.39 is 0 Å². The second kappa shape index (κ2) is 6.30. The largest absolute Gasteiger partial charge is 0.365 e. The van der Waals surface area contributed by atoms with Gasteiger partial charge in [0.25, 0.3) is 0 Å².